The van der Waals surface area contributed by atoms with Gasteiger partial charge in [0.25, 0.3) is 0 Å². The van der Waals surface area contributed by atoms with E-state index in [2.05, 4.69) is 18.9 Å². The zero-order chi connectivity index (χ0) is 10.4. The van der Waals surface area contributed by atoms with Gasteiger partial charge in [0.2, 0.25) is 0 Å². The maximum Gasteiger partial charge on any atom is 0.0701 e. The van der Waals surface area contributed by atoms with Crippen LogP contribution in [0.25, 0.3) is 0 Å². The Kier molecular flexibility index (Phi) is 5.45. The predicted octanol–water partition coefficient (Wildman–Crippen LogP) is 1.08. The van der Waals surface area contributed by atoms with Crippen LogP contribution in [0, 0.1) is 5.92 Å². The van der Waals surface area contributed by atoms with Crippen molar-refractivity contribution < 1.29 is 4.74 Å². The Bertz CT molecular complexity index is 146. The highest BCUT2D eigenvalue weighted by Gasteiger charge is 2.16. The van der Waals surface area contributed by atoms with Gasteiger partial charge in [-0.15, -0.1) is 0 Å². The Hall–Kier alpha value is -0.120. The molecule has 1 rings (SSSR count). The van der Waals surface area contributed by atoms with Crippen molar-refractivity contribution >= 4 is 0 Å². The lowest BCUT2D eigenvalue weighted by atomic mass is 10.1. The minimum Gasteiger partial charge on any atom is -0.377 e. The van der Waals surface area contributed by atoms with E-state index in [0.717, 1.165) is 26.2 Å². The van der Waals surface area contributed by atoms with Gasteiger partial charge in [0.15, 0.2) is 0 Å². The van der Waals surface area contributed by atoms with E-state index in [1.807, 2.05) is 0 Å². The van der Waals surface area contributed by atoms with Crippen molar-refractivity contribution in [3.8, 4) is 0 Å². The first kappa shape index (κ1) is 12.0. The zero-order valence-electron chi connectivity index (χ0n) is 9.54. The third kappa shape index (κ3) is 4.40. The summed E-state index contributed by atoms with van der Waals surface area (Å²) < 4.78 is 5.69. The summed E-state index contributed by atoms with van der Waals surface area (Å²) >= 11 is 0. The molecule has 1 saturated heterocycles. The van der Waals surface area contributed by atoms with Crippen molar-refractivity contribution in [2.45, 2.75) is 32.3 Å². The molecule has 0 aromatic carbocycles. The number of likely N-dealkylation sites (N-methyl/N-ethyl adjacent to an activating group) is 1. The van der Waals surface area contributed by atoms with Crippen molar-refractivity contribution in [2.24, 2.45) is 11.7 Å². The van der Waals surface area contributed by atoms with Crippen LogP contribution in [0.1, 0.15) is 26.2 Å². The molecule has 14 heavy (non-hydrogen) atoms. The van der Waals surface area contributed by atoms with Crippen molar-refractivity contribution in [1.29, 1.82) is 0 Å². The Morgan fingerprint density at radius 3 is 2.86 bits per heavy atom. The van der Waals surface area contributed by atoms with Crippen molar-refractivity contribution in [2.75, 3.05) is 33.3 Å². The standard InChI is InChI=1S/C11H24N2O/c1-10(7-12)8-13(2)9-11-5-3-4-6-14-11/h10-11H,3-9,12H2,1-2H3. The molecule has 2 N–H and O–H groups in total. The van der Waals surface area contributed by atoms with Crippen molar-refractivity contribution in [1.82, 2.24) is 4.90 Å². The van der Waals surface area contributed by atoms with Crippen LogP contribution >= 0.6 is 0 Å². The van der Waals surface area contributed by atoms with Gasteiger partial charge in [-0.1, -0.05) is 6.92 Å². The molecule has 3 heteroatoms. The normalized spacial score (nSPS) is 25.3. The number of nitrogens with zero attached hydrogens (tertiary/aromatic N) is 1. The summed E-state index contributed by atoms with van der Waals surface area (Å²) in [5.41, 5.74) is 5.60. The van der Waals surface area contributed by atoms with Gasteiger partial charge in [-0.25, -0.2) is 0 Å². The van der Waals surface area contributed by atoms with E-state index < -0.39 is 0 Å². The van der Waals surface area contributed by atoms with Crippen LogP contribution < -0.4 is 5.73 Å². The average Bonchev–Trinajstić information content (AvgIpc) is 2.19. The van der Waals surface area contributed by atoms with Crippen LogP contribution in [-0.4, -0.2) is 44.3 Å². The van der Waals surface area contributed by atoms with E-state index in [9.17, 15) is 0 Å². The molecule has 0 saturated carbocycles. The van der Waals surface area contributed by atoms with Crippen LogP contribution in [0.15, 0.2) is 0 Å². The minimum atomic E-state index is 0.457. The largest absolute Gasteiger partial charge is 0.377 e. The first-order valence-corrected chi connectivity index (χ1v) is 5.72. The SMILES string of the molecule is CC(CN)CN(C)CC1CCCCO1. The zero-order valence-corrected chi connectivity index (χ0v) is 9.54. The molecule has 0 radical (unpaired) electrons. The second kappa shape index (κ2) is 6.38. The van der Waals surface area contributed by atoms with Crippen LogP contribution in [0.4, 0.5) is 0 Å². The second-order valence-corrected chi connectivity index (χ2v) is 4.55. The summed E-state index contributed by atoms with van der Waals surface area (Å²) in [5.74, 6) is 0.587. The van der Waals surface area contributed by atoms with Crippen LogP contribution in [0.5, 0.6) is 0 Å². The molecule has 2 atom stereocenters. The molecule has 0 spiro atoms. The molecule has 1 aliphatic heterocycles. The number of hydrogen-bond donors (Lipinski definition) is 1. The highest BCUT2D eigenvalue weighted by atomic mass is 16.5. The Balaban J connectivity index is 2.14. The monoisotopic (exact) mass is 200 g/mol. The topological polar surface area (TPSA) is 38.5 Å². The van der Waals surface area contributed by atoms with Crippen LogP contribution in [0.3, 0.4) is 0 Å². The predicted molar refractivity (Wildman–Crippen MR) is 59.3 cm³/mol. The lowest BCUT2D eigenvalue weighted by molar-refractivity contribution is -0.00298. The minimum absolute atomic E-state index is 0.457. The number of nitrogens with two attached hydrogens (primary N) is 1. The fourth-order valence-electron chi connectivity index (χ4n) is 1.98. The van der Waals surface area contributed by atoms with E-state index in [0.29, 0.717) is 12.0 Å². The molecule has 0 aliphatic carbocycles. The molecular weight excluding hydrogens is 176 g/mol. The fraction of sp³-hybridized carbons (Fsp3) is 1.00. The molecule has 1 fully saturated rings. The molecule has 0 aromatic rings. The molecule has 84 valence electrons. The number of ether oxygens (including phenoxy) is 1. The summed E-state index contributed by atoms with van der Waals surface area (Å²) in [4.78, 5) is 2.34. The van der Waals surface area contributed by atoms with E-state index in [1.165, 1.54) is 19.3 Å². The first-order chi connectivity index (χ1) is 6.72. The second-order valence-electron chi connectivity index (χ2n) is 4.55. The van der Waals surface area contributed by atoms with Gasteiger partial charge in [-0.2, -0.15) is 0 Å². The Labute approximate surface area is 87.6 Å². The highest BCUT2D eigenvalue weighted by Crippen LogP contribution is 2.13. The third-order valence-electron chi connectivity index (χ3n) is 2.82. The quantitative estimate of drug-likeness (QED) is 0.722. The molecule has 0 amide bonds. The third-order valence-corrected chi connectivity index (χ3v) is 2.82. The Morgan fingerprint density at radius 2 is 2.29 bits per heavy atom. The smallest absolute Gasteiger partial charge is 0.0701 e. The summed E-state index contributed by atoms with van der Waals surface area (Å²) in [5, 5.41) is 0. The molecule has 0 aromatic heterocycles. The molecule has 3 nitrogen and oxygen atoms in total. The first-order valence-electron chi connectivity index (χ1n) is 5.72. The van der Waals surface area contributed by atoms with Crippen LogP contribution in [0.2, 0.25) is 0 Å². The molecule has 0 bridgehead atoms. The van der Waals surface area contributed by atoms with E-state index in [1.54, 1.807) is 0 Å². The van der Waals surface area contributed by atoms with Gasteiger partial charge in [0.1, 0.15) is 0 Å². The van der Waals surface area contributed by atoms with E-state index in [-0.39, 0.29) is 0 Å². The maximum absolute atomic E-state index is 5.69. The van der Waals surface area contributed by atoms with Gasteiger partial charge in [0.05, 0.1) is 6.10 Å². The summed E-state index contributed by atoms with van der Waals surface area (Å²) in [6.45, 7) is 6.06. The number of rotatable bonds is 5. The summed E-state index contributed by atoms with van der Waals surface area (Å²) in [6.07, 6.45) is 4.24. The van der Waals surface area contributed by atoms with E-state index in [4.69, 9.17) is 10.5 Å². The fourth-order valence-corrected chi connectivity index (χ4v) is 1.98. The molecule has 1 heterocycles. The summed E-state index contributed by atoms with van der Waals surface area (Å²) in [6, 6.07) is 0. The van der Waals surface area contributed by atoms with Crippen LogP contribution in [-0.2, 0) is 4.74 Å². The lowest BCUT2D eigenvalue weighted by Gasteiger charge is -2.28. The van der Waals surface area contributed by atoms with Crippen molar-refractivity contribution in [3.05, 3.63) is 0 Å². The highest BCUT2D eigenvalue weighted by molar-refractivity contribution is 4.69. The molecular formula is C11H24N2O. The molecule has 1 aliphatic rings. The maximum atomic E-state index is 5.69. The van der Waals surface area contributed by atoms with Gasteiger partial charge in [-0.05, 0) is 38.8 Å². The summed E-state index contributed by atoms with van der Waals surface area (Å²) in [7, 11) is 2.16. The average molecular weight is 200 g/mol. The van der Waals surface area contributed by atoms with E-state index >= 15 is 0 Å². The van der Waals surface area contributed by atoms with Gasteiger partial charge >= 0.3 is 0 Å². The molecule has 2 unspecified atom stereocenters. The van der Waals surface area contributed by atoms with Gasteiger partial charge in [0, 0.05) is 19.7 Å². The van der Waals surface area contributed by atoms with Crippen molar-refractivity contribution in [3.63, 3.8) is 0 Å². The van der Waals surface area contributed by atoms with Gasteiger partial charge < -0.3 is 15.4 Å². The van der Waals surface area contributed by atoms with Gasteiger partial charge in [-0.3, -0.25) is 0 Å². The Morgan fingerprint density at radius 1 is 1.50 bits per heavy atom. The lowest BCUT2D eigenvalue weighted by Crippen LogP contribution is -2.36. The number of hydrogen-bond acceptors (Lipinski definition) is 3.